The van der Waals surface area contributed by atoms with E-state index >= 15 is 0 Å². The molecule has 0 aromatic heterocycles. The number of ether oxygens (including phenoxy) is 2. The summed E-state index contributed by atoms with van der Waals surface area (Å²) in [7, 11) is 0. The summed E-state index contributed by atoms with van der Waals surface area (Å²) in [4.78, 5) is 23.5. The second-order valence-corrected chi connectivity index (χ2v) is 5.99. The van der Waals surface area contributed by atoms with E-state index < -0.39 is 5.97 Å². The summed E-state index contributed by atoms with van der Waals surface area (Å²) in [5.74, 6) is -0.171. The molecule has 0 saturated heterocycles. The maximum Gasteiger partial charge on any atom is 0.344 e. The second kappa shape index (κ2) is 8.92. The van der Waals surface area contributed by atoms with Crippen LogP contribution in [0, 0.1) is 17.2 Å². The molecule has 1 aliphatic carbocycles. The fraction of sp³-hybridized carbons (Fsp3) is 0.500. The fourth-order valence-corrected chi connectivity index (χ4v) is 2.79. The van der Waals surface area contributed by atoms with E-state index in [1.165, 1.54) is 6.42 Å². The Bertz CT molecular complexity index is 624. The van der Waals surface area contributed by atoms with E-state index in [0.717, 1.165) is 19.3 Å². The Kier molecular flexibility index (Phi) is 6.62. The summed E-state index contributed by atoms with van der Waals surface area (Å²) < 4.78 is 10.2. The highest BCUT2D eigenvalue weighted by atomic mass is 16.6. The Morgan fingerprint density at radius 2 is 2.00 bits per heavy atom. The van der Waals surface area contributed by atoms with Crippen molar-refractivity contribution < 1.29 is 19.1 Å². The minimum Gasteiger partial charge on any atom is -0.481 e. The molecule has 2 atom stereocenters. The first-order chi connectivity index (χ1) is 11.6. The van der Waals surface area contributed by atoms with Gasteiger partial charge in [0.15, 0.2) is 13.2 Å². The van der Waals surface area contributed by atoms with Gasteiger partial charge in [-0.25, -0.2) is 4.79 Å². The summed E-state index contributed by atoms with van der Waals surface area (Å²) in [5.41, 5.74) is 0.342. The van der Waals surface area contributed by atoms with Gasteiger partial charge in [0.05, 0.1) is 5.56 Å². The Balaban J connectivity index is 1.71. The Morgan fingerprint density at radius 3 is 2.75 bits per heavy atom. The number of benzene rings is 1. The summed E-state index contributed by atoms with van der Waals surface area (Å²) in [6, 6.07) is 8.75. The van der Waals surface area contributed by atoms with Crippen LogP contribution in [-0.2, 0) is 14.3 Å². The maximum atomic E-state index is 11.9. The number of nitrogens with one attached hydrogen (secondary N) is 1. The molecule has 1 N–H and O–H groups in total. The van der Waals surface area contributed by atoms with Crippen LogP contribution >= 0.6 is 0 Å². The van der Waals surface area contributed by atoms with Gasteiger partial charge in [0, 0.05) is 6.04 Å². The Hall–Kier alpha value is -2.55. The molecule has 128 valence electrons. The lowest BCUT2D eigenvalue weighted by molar-refractivity contribution is -0.150. The summed E-state index contributed by atoms with van der Waals surface area (Å²) in [6.45, 7) is 1.47. The van der Waals surface area contributed by atoms with Crippen LogP contribution in [0.1, 0.15) is 38.2 Å². The highest BCUT2D eigenvalue weighted by Crippen LogP contribution is 2.23. The molecule has 1 aliphatic rings. The van der Waals surface area contributed by atoms with Gasteiger partial charge in [-0.15, -0.1) is 0 Å². The zero-order valence-corrected chi connectivity index (χ0v) is 13.8. The monoisotopic (exact) mass is 330 g/mol. The number of esters is 1. The quantitative estimate of drug-likeness (QED) is 0.808. The number of hydrogen-bond acceptors (Lipinski definition) is 5. The SMILES string of the molecule is C[C@H]1CCCC[C@H]1NC(=O)COC(=O)COc1ccccc1C#N. The van der Waals surface area contributed by atoms with E-state index in [4.69, 9.17) is 14.7 Å². The van der Waals surface area contributed by atoms with Crippen LogP contribution < -0.4 is 10.1 Å². The molecule has 1 saturated carbocycles. The number of rotatable bonds is 6. The van der Waals surface area contributed by atoms with E-state index in [2.05, 4.69) is 12.2 Å². The number of nitrogens with zero attached hydrogens (tertiary/aromatic N) is 1. The Morgan fingerprint density at radius 1 is 1.25 bits per heavy atom. The molecule has 0 aliphatic heterocycles. The van der Waals surface area contributed by atoms with Crippen molar-refractivity contribution in [1.82, 2.24) is 5.32 Å². The highest BCUT2D eigenvalue weighted by molar-refractivity contribution is 5.81. The lowest BCUT2D eigenvalue weighted by Crippen LogP contribution is -2.43. The van der Waals surface area contributed by atoms with Crippen LogP contribution in [0.3, 0.4) is 0 Å². The summed E-state index contributed by atoms with van der Waals surface area (Å²) in [6.07, 6.45) is 4.39. The van der Waals surface area contributed by atoms with Crippen molar-refractivity contribution >= 4 is 11.9 Å². The van der Waals surface area contributed by atoms with Gasteiger partial charge >= 0.3 is 5.97 Å². The molecule has 0 radical (unpaired) electrons. The predicted octanol–water partition coefficient (Wildman–Crippen LogP) is 2.18. The number of amides is 1. The minimum absolute atomic E-state index is 0.156. The zero-order valence-electron chi connectivity index (χ0n) is 13.8. The molecule has 0 unspecified atom stereocenters. The predicted molar refractivity (Wildman–Crippen MR) is 87.2 cm³/mol. The van der Waals surface area contributed by atoms with Crippen molar-refractivity contribution in [3.8, 4) is 11.8 Å². The molecule has 24 heavy (non-hydrogen) atoms. The van der Waals surface area contributed by atoms with Crippen LogP contribution in [0.5, 0.6) is 5.75 Å². The molecule has 0 heterocycles. The first kappa shape index (κ1) is 17.8. The zero-order chi connectivity index (χ0) is 17.4. The number of nitriles is 1. The fourth-order valence-electron chi connectivity index (χ4n) is 2.79. The second-order valence-electron chi connectivity index (χ2n) is 5.99. The van der Waals surface area contributed by atoms with Crippen LogP contribution in [0.2, 0.25) is 0 Å². The molecule has 6 heteroatoms. The standard InChI is InChI=1S/C18H22N2O4/c1-13-6-2-4-8-15(13)20-17(21)11-24-18(22)12-23-16-9-5-3-7-14(16)10-19/h3,5,7,9,13,15H,2,4,6,8,11-12H2,1H3,(H,20,21)/t13-,15+/m0/s1. The van der Waals surface area contributed by atoms with Gasteiger partial charge in [0.2, 0.25) is 0 Å². The summed E-state index contributed by atoms with van der Waals surface area (Å²) in [5, 5.41) is 11.9. The van der Waals surface area contributed by atoms with Gasteiger partial charge in [-0.05, 0) is 30.9 Å². The molecule has 1 aromatic rings. The smallest absolute Gasteiger partial charge is 0.344 e. The first-order valence-corrected chi connectivity index (χ1v) is 8.17. The van der Waals surface area contributed by atoms with E-state index in [9.17, 15) is 9.59 Å². The molecular formula is C18H22N2O4. The third-order valence-corrected chi connectivity index (χ3v) is 4.18. The van der Waals surface area contributed by atoms with E-state index in [1.807, 2.05) is 6.07 Å². The normalized spacial score (nSPS) is 19.8. The molecule has 2 rings (SSSR count). The molecule has 0 bridgehead atoms. The van der Waals surface area contributed by atoms with Crippen LogP contribution in [0.15, 0.2) is 24.3 Å². The van der Waals surface area contributed by atoms with Crippen LogP contribution in [0.25, 0.3) is 0 Å². The average Bonchev–Trinajstić information content (AvgIpc) is 2.60. The largest absolute Gasteiger partial charge is 0.481 e. The minimum atomic E-state index is -0.644. The van der Waals surface area contributed by atoms with Gasteiger partial charge in [0.25, 0.3) is 5.91 Å². The van der Waals surface area contributed by atoms with Crippen molar-refractivity contribution in [3.05, 3.63) is 29.8 Å². The lowest BCUT2D eigenvalue weighted by atomic mass is 9.86. The molecule has 6 nitrogen and oxygen atoms in total. The molecule has 0 spiro atoms. The van der Waals surface area contributed by atoms with E-state index in [1.54, 1.807) is 24.3 Å². The van der Waals surface area contributed by atoms with E-state index in [0.29, 0.717) is 17.2 Å². The van der Waals surface area contributed by atoms with E-state index in [-0.39, 0.29) is 25.2 Å². The molecule has 1 fully saturated rings. The molecule has 1 aromatic carbocycles. The van der Waals surface area contributed by atoms with Crippen molar-refractivity contribution in [2.24, 2.45) is 5.92 Å². The van der Waals surface area contributed by atoms with Crippen molar-refractivity contribution in [1.29, 1.82) is 5.26 Å². The van der Waals surface area contributed by atoms with Crippen molar-refractivity contribution in [2.75, 3.05) is 13.2 Å². The number of hydrogen-bond donors (Lipinski definition) is 1. The average molecular weight is 330 g/mol. The maximum absolute atomic E-state index is 11.9. The van der Waals surface area contributed by atoms with Gasteiger partial charge in [-0.3, -0.25) is 4.79 Å². The number of para-hydroxylation sites is 1. The third kappa shape index (κ3) is 5.27. The van der Waals surface area contributed by atoms with Gasteiger partial charge in [-0.1, -0.05) is 31.9 Å². The van der Waals surface area contributed by atoms with Crippen molar-refractivity contribution in [2.45, 2.75) is 38.6 Å². The van der Waals surface area contributed by atoms with Gasteiger partial charge in [0.1, 0.15) is 11.8 Å². The van der Waals surface area contributed by atoms with Gasteiger partial charge in [-0.2, -0.15) is 5.26 Å². The first-order valence-electron chi connectivity index (χ1n) is 8.17. The van der Waals surface area contributed by atoms with Crippen LogP contribution in [0.4, 0.5) is 0 Å². The number of carbonyl (C=O) groups is 2. The van der Waals surface area contributed by atoms with Crippen LogP contribution in [-0.4, -0.2) is 31.1 Å². The topological polar surface area (TPSA) is 88.4 Å². The van der Waals surface area contributed by atoms with Crippen molar-refractivity contribution in [3.63, 3.8) is 0 Å². The number of carbonyl (C=O) groups excluding carboxylic acids is 2. The highest BCUT2D eigenvalue weighted by Gasteiger charge is 2.23. The van der Waals surface area contributed by atoms with Gasteiger partial charge < -0.3 is 14.8 Å². The lowest BCUT2D eigenvalue weighted by Gasteiger charge is -2.29. The summed E-state index contributed by atoms with van der Waals surface area (Å²) >= 11 is 0. The third-order valence-electron chi connectivity index (χ3n) is 4.18. The Labute approximate surface area is 141 Å². The molecular weight excluding hydrogens is 308 g/mol. The molecule has 1 amide bonds.